The zero-order valence-corrected chi connectivity index (χ0v) is 4.96. The van der Waals surface area contributed by atoms with Crippen LogP contribution in [-0.4, -0.2) is 7.11 Å². The van der Waals surface area contributed by atoms with Crippen LogP contribution in [0.1, 0.15) is 0 Å². The van der Waals surface area contributed by atoms with Gasteiger partial charge in [0, 0.05) is 6.07 Å². The van der Waals surface area contributed by atoms with Crippen LogP contribution >= 0.6 is 0 Å². The summed E-state index contributed by atoms with van der Waals surface area (Å²) < 4.78 is 9.17. The molecule has 1 rings (SSSR count). The average molecular weight is 126 g/mol. The van der Waals surface area contributed by atoms with E-state index in [4.69, 9.17) is 4.74 Å². The van der Waals surface area contributed by atoms with E-state index in [0.29, 0.717) is 5.75 Å². The van der Waals surface area contributed by atoms with E-state index in [1.165, 1.54) is 19.4 Å². The lowest BCUT2D eigenvalue weighted by Crippen LogP contribution is -1.95. The molecule has 1 heterocycles. The Kier molecular flexibility index (Phi) is 1.53. The van der Waals surface area contributed by atoms with Crippen LogP contribution in [0.3, 0.4) is 0 Å². The molecule has 0 radical (unpaired) electrons. The van der Waals surface area contributed by atoms with Gasteiger partial charge in [-0.1, -0.05) is 0 Å². The van der Waals surface area contributed by atoms with Crippen LogP contribution in [-0.2, 0) is 0 Å². The topological polar surface area (TPSA) is 39.4 Å². The number of methoxy groups -OCH3 is 1. The van der Waals surface area contributed by atoms with E-state index in [1.54, 1.807) is 6.07 Å². The Labute approximate surface area is 51.9 Å². The molecule has 9 heavy (non-hydrogen) atoms. The Morgan fingerprint density at radius 3 is 2.89 bits per heavy atom. The fourth-order valence-electron chi connectivity index (χ4n) is 0.493. The molecule has 0 aliphatic rings. The van der Waals surface area contributed by atoms with Crippen LogP contribution in [0, 0.1) is 0 Å². The van der Waals surface area contributed by atoms with Crippen molar-refractivity contribution in [1.82, 2.24) is 0 Å². The summed E-state index contributed by atoms with van der Waals surface area (Å²) in [6.07, 6.45) is 1.29. The van der Waals surface area contributed by atoms with Crippen molar-refractivity contribution in [3.8, 4) is 5.75 Å². The minimum absolute atomic E-state index is 0.394. The van der Waals surface area contributed by atoms with Crippen LogP contribution in [0.15, 0.2) is 27.6 Å². The minimum atomic E-state index is -0.394. The van der Waals surface area contributed by atoms with Crippen molar-refractivity contribution < 1.29 is 9.15 Å². The van der Waals surface area contributed by atoms with E-state index < -0.39 is 5.63 Å². The molecule has 0 aliphatic carbocycles. The first kappa shape index (κ1) is 5.88. The summed E-state index contributed by atoms with van der Waals surface area (Å²) in [7, 11) is 1.49. The molecule has 48 valence electrons. The lowest BCUT2D eigenvalue weighted by Gasteiger charge is -1.92. The zero-order chi connectivity index (χ0) is 6.69. The molecule has 0 spiro atoms. The highest BCUT2D eigenvalue weighted by molar-refractivity contribution is 5.14. The Bertz CT molecular complexity index is 238. The SMILES string of the molecule is COc1ccoc(=O)c1. The largest absolute Gasteiger partial charge is 0.496 e. The number of hydrogen-bond donors (Lipinski definition) is 0. The highest BCUT2D eigenvalue weighted by Crippen LogP contribution is 2.02. The van der Waals surface area contributed by atoms with E-state index in [-0.39, 0.29) is 0 Å². The summed E-state index contributed by atoms with van der Waals surface area (Å²) in [5.41, 5.74) is -0.394. The monoisotopic (exact) mass is 126 g/mol. The highest BCUT2D eigenvalue weighted by atomic mass is 16.5. The van der Waals surface area contributed by atoms with Crippen molar-refractivity contribution in [2.75, 3.05) is 7.11 Å². The Morgan fingerprint density at radius 2 is 2.44 bits per heavy atom. The molecule has 0 amide bonds. The van der Waals surface area contributed by atoms with Crippen molar-refractivity contribution in [2.45, 2.75) is 0 Å². The molecule has 3 nitrogen and oxygen atoms in total. The molecule has 0 fully saturated rings. The first-order valence-corrected chi connectivity index (χ1v) is 2.46. The second-order valence-corrected chi connectivity index (χ2v) is 1.49. The van der Waals surface area contributed by atoms with E-state index >= 15 is 0 Å². The summed E-state index contributed by atoms with van der Waals surface area (Å²) in [5, 5.41) is 0. The third-order valence-corrected chi connectivity index (χ3v) is 0.912. The van der Waals surface area contributed by atoms with Gasteiger partial charge in [0.1, 0.15) is 5.75 Å². The molecule has 0 bridgehead atoms. The Hall–Kier alpha value is -1.25. The third-order valence-electron chi connectivity index (χ3n) is 0.912. The molecule has 0 N–H and O–H groups in total. The predicted octanol–water partition coefficient (Wildman–Crippen LogP) is 0.648. The van der Waals surface area contributed by atoms with Crippen LogP contribution in [0.5, 0.6) is 5.75 Å². The average Bonchev–Trinajstić information content (AvgIpc) is 1.88. The third kappa shape index (κ3) is 1.32. The lowest BCUT2D eigenvalue weighted by atomic mass is 10.5. The summed E-state index contributed by atoms with van der Waals surface area (Å²) in [6, 6.07) is 2.85. The lowest BCUT2D eigenvalue weighted by molar-refractivity contribution is 0.402. The van der Waals surface area contributed by atoms with Crippen molar-refractivity contribution in [3.63, 3.8) is 0 Å². The number of rotatable bonds is 1. The van der Waals surface area contributed by atoms with Crippen LogP contribution < -0.4 is 10.4 Å². The molecule has 0 saturated carbocycles. The van der Waals surface area contributed by atoms with E-state index in [2.05, 4.69) is 4.42 Å². The normalized spacial score (nSPS) is 9.00. The van der Waals surface area contributed by atoms with Crippen molar-refractivity contribution >= 4 is 0 Å². The molecule has 1 aromatic heterocycles. The molecule has 1 aromatic rings. The second kappa shape index (κ2) is 2.35. The summed E-state index contributed by atoms with van der Waals surface area (Å²) in [4.78, 5) is 10.4. The number of ether oxygens (including phenoxy) is 1. The Morgan fingerprint density at radius 1 is 1.67 bits per heavy atom. The first-order chi connectivity index (χ1) is 4.33. The van der Waals surface area contributed by atoms with Gasteiger partial charge in [0.25, 0.3) is 0 Å². The molecule has 3 heteroatoms. The molecular formula is C6H6O3. The van der Waals surface area contributed by atoms with Gasteiger partial charge in [-0.2, -0.15) is 0 Å². The first-order valence-electron chi connectivity index (χ1n) is 2.46. The van der Waals surface area contributed by atoms with Gasteiger partial charge < -0.3 is 9.15 Å². The summed E-state index contributed by atoms with van der Waals surface area (Å²) in [6.45, 7) is 0. The van der Waals surface area contributed by atoms with Crippen molar-refractivity contribution in [1.29, 1.82) is 0 Å². The van der Waals surface area contributed by atoms with Crippen LogP contribution in [0.4, 0.5) is 0 Å². The fraction of sp³-hybridized carbons (Fsp3) is 0.167. The number of hydrogen-bond acceptors (Lipinski definition) is 3. The minimum Gasteiger partial charge on any atom is -0.496 e. The summed E-state index contributed by atoms with van der Waals surface area (Å²) >= 11 is 0. The van der Waals surface area contributed by atoms with Gasteiger partial charge in [-0.15, -0.1) is 0 Å². The second-order valence-electron chi connectivity index (χ2n) is 1.49. The van der Waals surface area contributed by atoms with Crippen molar-refractivity contribution in [2.24, 2.45) is 0 Å². The smallest absolute Gasteiger partial charge is 0.339 e. The predicted molar refractivity (Wildman–Crippen MR) is 31.5 cm³/mol. The molecule has 0 atom stereocenters. The van der Waals surface area contributed by atoms with E-state index in [0.717, 1.165) is 0 Å². The molecule has 0 saturated heterocycles. The van der Waals surface area contributed by atoms with Gasteiger partial charge in [0.2, 0.25) is 0 Å². The maximum absolute atomic E-state index is 10.4. The van der Waals surface area contributed by atoms with Gasteiger partial charge in [0.15, 0.2) is 0 Å². The van der Waals surface area contributed by atoms with Gasteiger partial charge in [0.05, 0.1) is 19.4 Å². The van der Waals surface area contributed by atoms with Gasteiger partial charge in [-0.05, 0) is 0 Å². The Balaban J connectivity index is 3.08. The quantitative estimate of drug-likeness (QED) is 0.554. The van der Waals surface area contributed by atoms with Gasteiger partial charge in [-0.25, -0.2) is 4.79 Å². The van der Waals surface area contributed by atoms with Gasteiger partial charge >= 0.3 is 5.63 Å². The zero-order valence-electron chi connectivity index (χ0n) is 4.96. The van der Waals surface area contributed by atoms with Gasteiger partial charge in [-0.3, -0.25) is 0 Å². The molecule has 0 aromatic carbocycles. The maximum atomic E-state index is 10.4. The van der Waals surface area contributed by atoms with Crippen LogP contribution in [0.2, 0.25) is 0 Å². The summed E-state index contributed by atoms with van der Waals surface area (Å²) in [5.74, 6) is 0.520. The maximum Gasteiger partial charge on any atom is 0.339 e. The molecule has 0 unspecified atom stereocenters. The van der Waals surface area contributed by atoms with E-state index in [1.807, 2.05) is 0 Å². The standard InChI is InChI=1S/C6H6O3/c1-8-5-2-3-9-6(7)4-5/h2-4H,1H3. The molecule has 0 aliphatic heterocycles. The van der Waals surface area contributed by atoms with Crippen molar-refractivity contribution in [3.05, 3.63) is 28.8 Å². The van der Waals surface area contributed by atoms with Crippen LogP contribution in [0.25, 0.3) is 0 Å². The van der Waals surface area contributed by atoms with E-state index in [9.17, 15) is 4.79 Å². The fourth-order valence-corrected chi connectivity index (χ4v) is 0.493. The molecular weight excluding hydrogens is 120 g/mol. The highest BCUT2D eigenvalue weighted by Gasteiger charge is 1.88.